The fraction of sp³-hybridized carbons (Fsp3) is 0.273. The van der Waals surface area contributed by atoms with Crippen LogP contribution in [-0.2, 0) is 6.42 Å². The second kappa shape index (κ2) is 3.52. The molecule has 1 aliphatic rings. The van der Waals surface area contributed by atoms with Crippen LogP contribution in [0.4, 0.5) is 0 Å². The van der Waals surface area contributed by atoms with Crippen LogP contribution >= 0.6 is 11.6 Å². The molecule has 0 atom stereocenters. The zero-order valence-electron chi connectivity index (χ0n) is 7.60. The highest BCUT2D eigenvalue weighted by atomic mass is 35.5. The molecule has 0 saturated carbocycles. The summed E-state index contributed by atoms with van der Waals surface area (Å²) in [6.07, 6.45) is 3.23. The molecule has 2 rings (SSSR count). The van der Waals surface area contributed by atoms with Crippen LogP contribution in [0.25, 0.3) is 6.08 Å². The summed E-state index contributed by atoms with van der Waals surface area (Å²) in [5.41, 5.74) is 3.96. The van der Waals surface area contributed by atoms with Crippen molar-refractivity contribution < 1.29 is 0 Å². The first-order chi connectivity index (χ1) is 6.31. The summed E-state index contributed by atoms with van der Waals surface area (Å²) >= 11 is 6.07. The zero-order valence-corrected chi connectivity index (χ0v) is 8.36. The number of halogens is 1. The Morgan fingerprint density at radius 3 is 3.00 bits per heavy atom. The van der Waals surface area contributed by atoms with Crippen LogP contribution in [0.5, 0.6) is 0 Å². The third-order valence-electron chi connectivity index (χ3n) is 2.31. The molecule has 1 aromatic carbocycles. The van der Waals surface area contributed by atoms with Gasteiger partial charge in [-0.15, -0.1) is 0 Å². The van der Waals surface area contributed by atoms with E-state index < -0.39 is 0 Å². The summed E-state index contributed by atoms with van der Waals surface area (Å²) in [6.45, 7) is 0.949. The molecule has 2 heteroatoms. The van der Waals surface area contributed by atoms with Crippen LogP contribution in [0.15, 0.2) is 23.8 Å². The maximum Gasteiger partial charge on any atom is 0.0481 e. The molecule has 0 heterocycles. The molecule has 1 nitrogen and oxygen atoms in total. The van der Waals surface area contributed by atoms with Crippen molar-refractivity contribution in [3.05, 3.63) is 39.9 Å². The Kier molecular flexibility index (Phi) is 2.38. The molecule has 0 spiro atoms. The Morgan fingerprint density at radius 2 is 2.31 bits per heavy atom. The van der Waals surface area contributed by atoms with E-state index in [1.165, 1.54) is 16.7 Å². The Balaban J connectivity index is 2.32. The van der Waals surface area contributed by atoms with Gasteiger partial charge in [-0.05, 0) is 30.7 Å². The summed E-state index contributed by atoms with van der Waals surface area (Å²) in [7, 11) is 1.96. The van der Waals surface area contributed by atoms with Gasteiger partial charge in [0.15, 0.2) is 0 Å². The van der Waals surface area contributed by atoms with Crippen molar-refractivity contribution in [1.29, 1.82) is 0 Å². The van der Waals surface area contributed by atoms with Gasteiger partial charge in [-0.3, -0.25) is 0 Å². The first-order valence-corrected chi connectivity index (χ1v) is 4.80. The molecule has 1 aliphatic carbocycles. The highest BCUT2D eigenvalue weighted by Gasteiger charge is 2.13. The van der Waals surface area contributed by atoms with Crippen LogP contribution in [0.2, 0.25) is 5.02 Å². The average Bonchev–Trinajstić information content (AvgIpc) is 2.49. The Bertz CT molecular complexity index is 355. The third-order valence-corrected chi connectivity index (χ3v) is 2.64. The van der Waals surface area contributed by atoms with E-state index >= 15 is 0 Å². The van der Waals surface area contributed by atoms with Crippen molar-refractivity contribution >= 4 is 17.7 Å². The number of hydrogen-bond donors (Lipinski definition) is 1. The highest BCUT2D eigenvalue weighted by molar-refractivity contribution is 6.32. The van der Waals surface area contributed by atoms with E-state index in [0.717, 1.165) is 18.0 Å². The molecule has 68 valence electrons. The van der Waals surface area contributed by atoms with E-state index in [9.17, 15) is 0 Å². The molecule has 1 N–H and O–H groups in total. The smallest absolute Gasteiger partial charge is 0.0481 e. The van der Waals surface area contributed by atoms with Gasteiger partial charge < -0.3 is 5.32 Å². The molecule has 0 bridgehead atoms. The first kappa shape index (κ1) is 8.79. The minimum absolute atomic E-state index is 0.864. The van der Waals surface area contributed by atoms with Gasteiger partial charge in [0.25, 0.3) is 0 Å². The molecule has 13 heavy (non-hydrogen) atoms. The van der Waals surface area contributed by atoms with Crippen molar-refractivity contribution in [3.8, 4) is 0 Å². The third kappa shape index (κ3) is 1.62. The molecule has 0 aliphatic heterocycles. The second-order valence-corrected chi connectivity index (χ2v) is 3.73. The SMILES string of the molecule is CNCC1=Cc2c(Cl)cccc2C1. The van der Waals surface area contributed by atoms with Gasteiger partial charge in [0.2, 0.25) is 0 Å². The average molecular weight is 194 g/mol. The number of benzene rings is 1. The Labute approximate surface area is 83.4 Å². The van der Waals surface area contributed by atoms with Crippen LogP contribution in [0, 0.1) is 0 Å². The van der Waals surface area contributed by atoms with E-state index in [1.807, 2.05) is 19.2 Å². The molecule has 1 aromatic rings. The van der Waals surface area contributed by atoms with Crippen molar-refractivity contribution in [2.45, 2.75) is 6.42 Å². The van der Waals surface area contributed by atoms with Gasteiger partial charge >= 0.3 is 0 Å². The number of rotatable bonds is 2. The van der Waals surface area contributed by atoms with Crippen LogP contribution in [0.3, 0.4) is 0 Å². The monoisotopic (exact) mass is 193 g/mol. The lowest BCUT2D eigenvalue weighted by Crippen LogP contribution is -2.09. The van der Waals surface area contributed by atoms with Crippen molar-refractivity contribution in [1.82, 2.24) is 5.32 Å². The standard InChI is InChI=1S/C11H12ClN/c1-13-7-8-5-9-3-2-4-11(12)10(9)6-8/h2-4,6,13H,5,7H2,1H3. The van der Waals surface area contributed by atoms with Gasteiger partial charge in [0.05, 0.1) is 0 Å². The van der Waals surface area contributed by atoms with Gasteiger partial charge in [-0.1, -0.05) is 35.4 Å². The van der Waals surface area contributed by atoms with E-state index in [0.29, 0.717) is 0 Å². The van der Waals surface area contributed by atoms with Crippen molar-refractivity contribution in [2.24, 2.45) is 0 Å². The van der Waals surface area contributed by atoms with E-state index in [1.54, 1.807) is 0 Å². The number of likely N-dealkylation sites (N-methyl/N-ethyl adjacent to an activating group) is 1. The molecular weight excluding hydrogens is 182 g/mol. The van der Waals surface area contributed by atoms with Gasteiger partial charge in [-0.25, -0.2) is 0 Å². The lowest BCUT2D eigenvalue weighted by Gasteiger charge is -1.99. The van der Waals surface area contributed by atoms with E-state index in [-0.39, 0.29) is 0 Å². The fourth-order valence-electron chi connectivity index (χ4n) is 1.74. The molecule has 0 amide bonds. The minimum Gasteiger partial charge on any atom is -0.316 e. The van der Waals surface area contributed by atoms with Gasteiger partial charge in [0, 0.05) is 11.6 Å². The second-order valence-electron chi connectivity index (χ2n) is 3.32. The molecule has 0 radical (unpaired) electrons. The van der Waals surface area contributed by atoms with E-state index in [4.69, 9.17) is 11.6 Å². The summed E-state index contributed by atoms with van der Waals surface area (Å²) in [6, 6.07) is 6.09. The maximum atomic E-state index is 6.07. The molecule has 0 saturated heterocycles. The number of fused-ring (bicyclic) bond motifs is 1. The topological polar surface area (TPSA) is 12.0 Å². The van der Waals surface area contributed by atoms with E-state index in [2.05, 4.69) is 17.5 Å². The highest BCUT2D eigenvalue weighted by Crippen LogP contribution is 2.30. The van der Waals surface area contributed by atoms with Crippen LogP contribution in [0.1, 0.15) is 11.1 Å². The lowest BCUT2D eigenvalue weighted by molar-refractivity contribution is 0.866. The number of hydrogen-bond acceptors (Lipinski definition) is 1. The first-order valence-electron chi connectivity index (χ1n) is 4.42. The number of nitrogens with one attached hydrogen (secondary N) is 1. The predicted molar refractivity (Wildman–Crippen MR) is 57.1 cm³/mol. The quantitative estimate of drug-likeness (QED) is 0.761. The zero-order chi connectivity index (χ0) is 9.26. The molecule has 0 aromatic heterocycles. The predicted octanol–water partition coefficient (Wildman–Crippen LogP) is 2.50. The molecule has 0 unspecified atom stereocenters. The lowest BCUT2D eigenvalue weighted by atomic mass is 10.1. The van der Waals surface area contributed by atoms with Gasteiger partial charge in [0.1, 0.15) is 0 Å². The Morgan fingerprint density at radius 1 is 1.46 bits per heavy atom. The summed E-state index contributed by atoms with van der Waals surface area (Å²) < 4.78 is 0. The van der Waals surface area contributed by atoms with Crippen molar-refractivity contribution in [2.75, 3.05) is 13.6 Å². The maximum absolute atomic E-state index is 6.07. The van der Waals surface area contributed by atoms with Crippen molar-refractivity contribution in [3.63, 3.8) is 0 Å². The Hall–Kier alpha value is -0.790. The molecular formula is C11H12ClN. The summed E-state index contributed by atoms with van der Waals surface area (Å²) in [5, 5.41) is 4.02. The summed E-state index contributed by atoms with van der Waals surface area (Å²) in [4.78, 5) is 0. The fourth-order valence-corrected chi connectivity index (χ4v) is 1.99. The largest absolute Gasteiger partial charge is 0.316 e. The normalized spacial score (nSPS) is 14.2. The summed E-state index contributed by atoms with van der Waals surface area (Å²) in [5.74, 6) is 0. The van der Waals surface area contributed by atoms with Crippen LogP contribution in [-0.4, -0.2) is 13.6 Å². The minimum atomic E-state index is 0.864. The van der Waals surface area contributed by atoms with Gasteiger partial charge in [-0.2, -0.15) is 0 Å². The van der Waals surface area contributed by atoms with Crippen LogP contribution < -0.4 is 5.32 Å². The molecule has 0 fully saturated rings.